The van der Waals surface area contributed by atoms with Crippen molar-refractivity contribution in [3.05, 3.63) is 58.9 Å². The van der Waals surface area contributed by atoms with Crippen molar-refractivity contribution in [2.75, 3.05) is 5.32 Å². The van der Waals surface area contributed by atoms with Crippen LogP contribution in [-0.4, -0.2) is 10.9 Å². The number of thiazole rings is 1. The highest BCUT2D eigenvalue weighted by Gasteiger charge is 2.18. The normalized spacial score (nSPS) is 13.4. The summed E-state index contributed by atoms with van der Waals surface area (Å²) in [5, 5.41) is 3.86. The zero-order valence-electron chi connectivity index (χ0n) is 14.1. The molecule has 4 nitrogen and oxygen atoms in total. The van der Waals surface area contributed by atoms with Gasteiger partial charge in [0.15, 0.2) is 10.9 Å². The third-order valence-electron chi connectivity index (χ3n) is 4.88. The fraction of sp³-hybridized carbons (Fsp3) is 0.200. The van der Waals surface area contributed by atoms with Crippen molar-refractivity contribution in [2.45, 2.75) is 25.7 Å². The van der Waals surface area contributed by atoms with Crippen molar-refractivity contribution in [3.63, 3.8) is 0 Å². The number of fused-ring (bicyclic) bond motifs is 3. The van der Waals surface area contributed by atoms with Gasteiger partial charge in [-0.05, 0) is 48.6 Å². The second-order valence-corrected chi connectivity index (χ2v) is 7.74. The molecule has 1 aliphatic carbocycles. The molecule has 0 spiro atoms. The molecule has 0 fully saturated rings. The molecule has 1 N–H and O–H groups in total. The summed E-state index contributed by atoms with van der Waals surface area (Å²) in [5.41, 5.74) is 4.28. The van der Waals surface area contributed by atoms with E-state index in [2.05, 4.69) is 22.4 Å². The number of rotatable bonds is 3. The lowest BCUT2D eigenvalue weighted by Gasteiger charge is -2.02. The molecule has 27 heavy (non-hydrogen) atoms. The zero-order valence-corrected chi connectivity index (χ0v) is 15.0. The highest BCUT2D eigenvalue weighted by Crippen LogP contribution is 2.31. The van der Waals surface area contributed by atoms with Crippen LogP contribution in [0.15, 0.2) is 34.9 Å². The highest BCUT2D eigenvalue weighted by molar-refractivity contribution is 7.22. The Morgan fingerprint density at radius 3 is 2.85 bits per heavy atom. The Hall–Kier alpha value is -2.80. The molecule has 136 valence electrons. The van der Waals surface area contributed by atoms with Crippen LogP contribution in [0.25, 0.3) is 21.2 Å². The lowest BCUT2D eigenvalue weighted by Crippen LogP contribution is -2.13. The molecule has 0 aliphatic heterocycles. The summed E-state index contributed by atoms with van der Waals surface area (Å²) in [6.07, 6.45) is 4.99. The number of furan rings is 1. The smallest absolute Gasteiger partial charge is 0.230 e. The lowest BCUT2D eigenvalue weighted by atomic mass is 10.0. The lowest BCUT2D eigenvalue weighted by molar-refractivity contribution is -0.115. The van der Waals surface area contributed by atoms with Crippen molar-refractivity contribution in [1.82, 2.24) is 4.98 Å². The molecular formula is C20H14F2N2O2S. The Balaban J connectivity index is 1.39. The summed E-state index contributed by atoms with van der Waals surface area (Å²) in [6, 6.07) is 6.16. The van der Waals surface area contributed by atoms with Crippen molar-refractivity contribution >= 4 is 43.6 Å². The maximum absolute atomic E-state index is 13.8. The van der Waals surface area contributed by atoms with Gasteiger partial charge in [-0.2, -0.15) is 0 Å². The van der Waals surface area contributed by atoms with Gasteiger partial charge in [0.2, 0.25) is 5.91 Å². The van der Waals surface area contributed by atoms with E-state index in [1.807, 2.05) is 0 Å². The third-order valence-corrected chi connectivity index (χ3v) is 5.80. The number of hydrogen-bond acceptors (Lipinski definition) is 4. The quantitative estimate of drug-likeness (QED) is 0.541. The van der Waals surface area contributed by atoms with E-state index in [1.54, 1.807) is 6.26 Å². The van der Waals surface area contributed by atoms with E-state index in [9.17, 15) is 13.6 Å². The molecule has 2 aromatic carbocycles. The molecule has 2 heterocycles. The third kappa shape index (κ3) is 2.88. The van der Waals surface area contributed by atoms with Gasteiger partial charge in [-0.25, -0.2) is 13.8 Å². The maximum Gasteiger partial charge on any atom is 0.230 e. The van der Waals surface area contributed by atoms with E-state index in [0.717, 1.165) is 53.2 Å². The van der Waals surface area contributed by atoms with Gasteiger partial charge < -0.3 is 9.73 Å². The number of nitrogens with zero attached hydrogens (tertiary/aromatic N) is 1. The summed E-state index contributed by atoms with van der Waals surface area (Å²) >= 11 is 1.04. The Morgan fingerprint density at radius 1 is 1.19 bits per heavy atom. The summed E-state index contributed by atoms with van der Waals surface area (Å²) < 4.78 is 33.0. The largest absolute Gasteiger partial charge is 0.464 e. The number of aryl methyl sites for hydroxylation is 2. The van der Waals surface area contributed by atoms with Crippen molar-refractivity contribution in [1.29, 1.82) is 0 Å². The van der Waals surface area contributed by atoms with Crippen LogP contribution in [0.5, 0.6) is 0 Å². The minimum Gasteiger partial charge on any atom is -0.464 e. The Labute approximate surface area is 156 Å². The van der Waals surface area contributed by atoms with Gasteiger partial charge in [0.1, 0.15) is 16.9 Å². The second kappa shape index (κ2) is 6.13. The molecule has 7 heteroatoms. The SMILES string of the molecule is O=C(Cc1coc2cc3c(cc12)CCC3)Nc1nc2c(F)cc(F)cc2s1. The number of carbonyl (C=O) groups excluding carboxylic acids is 1. The number of halogens is 2. The fourth-order valence-corrected chi connectivity index (χ4v) is 4.55. The Morgan fingerprint density at radius 2 is 2.00 bits per heavy atom. The topological polar surface area (TPSA) is 55.1 Å². The van der Waals surface area contributed by atoms with Gasteiger partial charge in [0, 0.05) is 17.0 Å². The zero-order chi connectivity index (χ0) is 18.5. The van der Waals surface area contributed by atoms with Gasteiger partial charge in [-0.3, -0.25) is 4.79 Å². The standard InChI is InChI=1S/C20H14F2N2O2S/c21-13-7-15(22)19-17(8-13)27-20(24-19)23-18(25)6-12-9-26-16-5-11-3-1-2-10(11)4-14(12)16/h4-5,7-9H,1-3,6H2,(H,23,24,25). The van der Waals surface area contributed by atoms with Crippen LogP contribution in [-0.2, 0) is 24.1 Å². The van der Waals surface area contributed by atoms with Crippen LogP contribution in [0.3, 0.4) is 0 Å². The van der Waals surface area contributed by atoms with Crippen LogP contribution in [0.1, 0.15) is 23.1 Å². The molecule has 0 atom stereocenters. The van der Waals surface area contributed by atoms with E-state index in [1.165, 1.54) is 17.2 Å². The fourth-order valence-electron chi connectivity index (χ4n) is 3.63. The van der Waals surface area contributed by atoms with E-state index >= 15 is 0 Å². The van der Waals surface area contributed by atoms with Crippen molar-refractivity contribution in [2.24, 2.45) is 0 Å². The van der Waals surface area contributed by atoms with E-state index in [4.69, 9.17) is 4.42 Å². The number of hydrogen-bond donors (Lipinski definition) is 1. The Kier molecular flexibility index (Phi) is 3.72. The van der Waals surface area contributed by atoms with Crippen LogP contribution in [0.2, 0.25) is 0 Å². The molecule has 1 aliphatic rings. The number of aromatic nitrogens is 1. The molecule has 0 bridgehead atoms. The summed E-state index contributed by atoms with van der Waals surface area (Å²) in [7, 11) is 0. The molecule has 1 amide bonds. The first-order valence-corrected chi connectivity index (χ1v) is 9.46. The molecule has 0 saturated carbocycles. The van der Waals surface area contributed by atoms with Gasteiger partial charge in [0.05, 0.1) is 17.4 Å². The predicted molar refractivity (Wildman–Crippen MR) is 100 cm³/mol. The first-order valence-electron chi connectivity index (χ1n) is 8.64. The monoisotopic (exact) mass is 384 g/mol. The van der Waals surface area contributed by atoms with Crippen LogP contribution >= 0.6 is 11.3 Å². The average Bonchev–Trinajstić information content (AvgIpc) is 3.31. The van der Waals surface area contributed by atoms with E-state index < -0.39 is 11.6 Å². The maximum atomic E-state index is 13.8. The number of anilines is 1. The van der Waals surface area contributed by atoms with E-state index in [0.29, 0.717) is 4.70 Å². The van der Waals surface area contributed by atoms with Crippen molar-refractivity contribution in [3.8, 4) is 0 Å². The minimum absolute atomic E-state index is 0.0565. The summed E-state index contributed by atoms with van der Waals surface area (Å²) in [6.45, 7) is 0. The summed E-state index contributed by atoms with van der Waals surface area (Å²) in [5.74, 6) is -1.69. The molecular weight excluding hydrogens is 370 g/mol. The van der Waals surface area contributed by atoms with Crippen LogP contribution in [0.4, 0.5) is 13.9 Å². The number of nitrogens with one attached hydrogen (secondary N) is 1. The molecule has 0 unspecified atom stereocenters. The molecule has 5 rings (SSSR count). The number of amides is 1. The number of carbonyl (C=O) groups is 1. The first-order chi connectivity index (χ1) is 13.1. The van der Waals surface area contributed by atoms with Crippen molar-refractivity contribution < 1.29 is 18.0 Å². The highest BCUT2D eigenvalue weighted by atomic mass is 32.1. The van der Waals surface area contributed by atoms with Gasteiger partial charge in [-0.15, -0.1) is 0 Å². The Bertz CT molecular complexity index is 1210. The van der Waals surface area contributed by atoms with Gasteiger partial charge in [-0.1, -0.05) is 11.3 Å². The molecule has 4 aromatic rings. The van der Waals surface area contributed by atoms with E-state index in [-0.39, 0.29) is 23.0 Å². The second-order valence-electron chi connectivity index (χ2n) is 6.71. The molecule has 0 saturated heterocycles. The van der Waals surface area contributed by atoms with Gasteiger partial charge in [0.25, 0.3) is 0 Å². The van der Waals surface area contributed by atoms with Crippen LogP contribution < -0.4 is 5.32 Å². The van der Waals surface area contributed by atoms with Crippen LogP contribution in [0, 0.1) is 11.6 Å². The molecule has 2 aromatic heterocycles. The molecule has 0 radical (unpaired) electrons. The average molecular weight is 384 g/mol. The number of benzene rings is 2. The summed E-state index contributed by atoms with van der Waals surface area (Å²) in [4.78, 5) is 16.5. The minimum atomic E-state index is -0.739. The predicted octanol–water partition coefficient (Wildman–Crippen LogP) is 4.99. The first kappa shape index (κ1) is 16.4. The van der Waals surface area contributed by atoms with Gasteiger partial charge >= 0.3 is 0 Å².